The fraction of sp³-hybridized carbons (Fsp3) is 0.533. The zero-order valence-electron chi connectivity index (χ0n) is 11.7. The van der Waals surface area contributed by atoms with Gasteiger partial charge in [-0.05, 0) is 43.9 Å². The summed E-state index contributed by atoms with van der Waals surface area (Å²) in [6, 6.07) is 5.67. The minimum Gasteiger partial charge on any atom is -0.398 e. The number of nitrogens with two attached hydrogens (primary N) is 1. The number of anilines is 2. The van der Waals surface area contributed by atoms with Crippen molar-refractivity contribution in [2.45, 2.75) is 19.8 Å². The Bertz CT molecular complexity index is 453. The summed E-state index contributed by atoms with van der Waals surface area (Å²) in [5.74, 6) is 0.677. The first-order chi connectivity index (χ1) is 9.08. The molecule has 0 aliphatic carbocycles. The van der Waals surface area contributed by atoms with Crippen LogP contribution in [0.1, 0.15) is 30.1 Å². The van der Waals surface area contributed by atoms with Crippen molar-refractivity contribution in [3.05, 3.63) is 23.8 Å². The molecule has 0 bridgehead atoms. The maximum absolute atomic E-state index is 11.5. The Morgan fingerprint density at radius 1 is 1.42 bits per heavy atom. The highest BCUT2D eigenvalue weighted by molar-refractivity contribution is 6.00. The highest BCUT2D eigenvalue weighted by atomic mass is 16.5. The Kier molecular flexibility index (Phi) is 4.43. The van der Waals surface area contributed by atoms with Crippen LogP contribution in [0.15, 0.2) is 18.2 Å². The summed E-state index contributed by atoms with van der Waals surface area (Å²) < 4.78 is 5.37. The molecule has 4 heteroatoms. The van der Waals surface area contributed by atoms with Crippen LogP contribution in [-0.2, 0) is 4.74 Å². The summed E-state index contributed by atoms with van der Waals surface area (Å²) in [4.78, 5) is 13.7. The van der Waals surface area contributed by atoms with Gasteiger partial charge in [0, 0.05) is 43.7 Å². The molecule has 0 saturated carbocycles. The first kappa shape index (κ1) is 13.9. The number of nitrogen functional groups attached to an aromatic ring is 1. The minimum absolute atomic E-state index is 0.0128. The van der Waals surface area contributed by atoms with Crippen molar-refractivity contribution in [2.24, 2.45) is 5.92 Å². The van der Waals surface area contributed by atoms with E-state index in [9.17, 15) is 4.79 Å². The second-order valence-corrected chi connectivity index (χ2v) is 5.26. The number of ketones is 1. The molecule has 0 radical (unpaired) electrons. The van der Waals surface area contributed by atoms with Gasteiger partial charge in [0.2, 0.25) is 0 Å². The monoisotopic (exact) mass is 262 g/mol. The van der Waals surface area contributed by atoms with Gasteiger partial charge in [-0.2, -0.15) is 0 Å². The molecule has 19 heavy (non-hydrogen) atoms. The molecule has 0 unspecified atom stereocenters. The van der Waals surface area contributed by atoms with Crippen molar-refractivity contribution in [1.82, 2.24) is 0 Å². The summed E-state index contributed by atoms with van der Waals surface area (Å²) in [5.41, 5.74) is 8.03. The van der Waals surface area contributed by atoms with Crippen LogP contribution in [0.4, 0.5) is 11.4 Å². The third-order valence-corrected chi connectivity index (χ3v) is 3.73. The molecule has 2 rings (SSSR count). The quantitative estimate of drug-likeness (QED) is 0.668. The molecular weight excluding hydrogens is 240 g/mol. The predicted octanol–water partition coefficient (Wildman–Crippen LogP) is 2.33. The van der Waals surface area contributed by atoms with E-state index >= 15 is 0 Å². The van der Waals surface area contributed by atoms with Gasteiger partial charge in [0.1, 0.15) is 0 Å². The number of benzene rings is 1. The molecule has 1 aromatic carbocycles. The smallest absolute Gasteiger partial charge is 0.161 e. The number of nitrogens with zero attached hydrogens (tertiary/aromatic N) is 1. The molecule has 1 saturated heterocycles. The van der Waals surface area contributed by atoms with Gasteiger partial charge >= 0.3 is 0 Å². The van der Waals surface area contributed by atoms with Gasteiger partial charge in [-0.15, -0.1) is 0 Å². The summed E-state index contributed by atoms with van der Waals surface area (Å²) in [6.07, 6.45) is 2.22. The van der Waals surface area contributed by atoms with Crippen LogP contribution in [0.3, 0.4) is 0 Å². The molecule has 2 N–H and O–H groups in total. The zero-order valence-corrected chi connectivity index (χ0v) is 11.7. The molecule has 0 aromatic heterocycles. The summed E-state index contributed by atoms with van der Waals surface area (Å²) in [7, 11) is 2.06. The Balaban J connectivity index is 2.07. The van der Waals surface area contributed by atoms with Crippen molar-refractivity contribution < 1.29 is 9.53 Å². The topological polar surface area (TPSA) is 55.6 Å². The Morgan fingerprint density at radius 2 is 2.11 bits per heavy atom. The summed E-state index contributed by atoms with van der Waals surface area (Å²) >= 11 is 0. The summed E-state index contributed by atoms with van der Waals surface area (Å²) in [5, 5.41) is 0. The van der Waals surface area contributed by atoms with Crippen molar-refractivity contribution in [1.29, 1.82) is 0 Å². The average Bonchev–Trinajstić information content (AvgIpc) is 2.40. The minimum atomic E-state index is 0.0128. The first-order valence-electron chi connectivity index (χ1n) is 6.77. The van der Waals surface area contributed by atoms with E-state index < -0.39 is 0 Å². The lowest BCUT2D eigenvalue weighted by atomic mass is 9.99. The molecule has 0 amide bonds. The van der Waals surface area contributed by atoms with Gasteiger partial charge in [0.25, 0.3) is 0 Å². The molecule has 104 valence electrons. The van der Waals surface area contributed by atoms with Crippen LogP contribution in [0.2, 0.25) is 0 Å². The number of ether oxygens (including phenoxy) is 1. The van der Waals surface area contributed by atoms with Crippen molar-refractivity contribution in [2.75, 3.05) is 37.4 Å². The number of hydrogen-bond acceptors (Lipinski definition) is 4. The lowest BCUT2D eigenvalue weighted by Gasteiger charge is -2.28. The largest absolute Gasteiger partial charge is 0.398 e. The van der Waals surface area contributed by atoms with Gasteiger partial charge in [0.15, 0.2) is 5.78 Å². The van der Waals surface area contributed by atoms with Crippen LogP contribution in [0.5, 0.6) is 0 Å². The number of hydrogen-bond donors (Lipinski definition) is 1. The molecule has 0 spiro atoms. The standard InChI is InChI=1S/C15H22N2O2/c1-11(18)14-9-13(3-4-15(14)16)17(2)10-12-5-7-19-8-6-12/h3-4,9,12H,5-8,10,16H2,1-2H3. The van der Waals surface area contributed by atoms with E-state index in [-0.39, 0.29) is 5.78 Å². The van der Waals surface area contributed by atoms with Crippen molar-refractivity contribution in [3.8, 4) is 0 Å². The Labute approximate surface area is 114 Å². The predicted molar refractivity (Wildman–Crippen MR) is 77.7 cm³/mol. The third kappa shape index (κ3) is 3.47. The number of rotatable bonds is 4. The van der Waals surface area contributed by atoms with E-state index in [0.717, 1.165) is 38.3 Å². The van der Waals surface area contributed by atoms with Crippen LogP contribution in [-0.4, -0.2) is 32.6 Å². The van der Waals surface area contributed by atoms with Crippen LogP contribution in [0.25, 0.3) is 0 Å². The van der Waals surface area contributed by atoms with Crippen LogP contribution >= 0.6 is 0 Å². The van der Waals surface area contributed by atoms with Gasteiger partial charge in [0.05, 0.1) is 0 Å². The van der Waals surface area contributed by atoms with E-state index in [1.165, 1.54) is 0 Å². The lowest BCUT2D eigenvalue weighted by molar-refractivity contribution is 0.0685. The highest BCUT2D eigenvalue weighted by Crippen LogP contribution is 2.23. The van der Waals surface area contributed by atoms with Crippen molar-refractivity contribution in [3.63, 3.8) is 0 Å². The van der Waals surface area contributed by atoms with E-state index in [1.54, 1.807) is 6.92 Å². The maximum Gasteiger partial charge on any atom is 0.161 e. The third-order valence-electron chi connectivity index (χ3n) is 3.73. The fourth-order valence-electron chi connectivity index (χ4n) is 2.51. The molecule has 4 nitrogen and oxygen atoms in total. The highest BCUT2D eigenvalue weighted by Gasteiger charge is 2.16. The maximum atomic E-state index is 11.5. The molecule has 1 heterocycles. The Morgan fingerprint density at radius 3 is 2.74 bits per heavy atom. The molecule has 1 aromatic rings. The lowest BCUT2D eigenvalue weighted by Crippen LogP contribution is -2.29. The molecular formula is C15H22N2O2. The Hall–Kier alpha value is -1.55. The van der Waals surface area contributed by atoms with E-state index in [0.29, 0.717) is 17.2 Å². The molecule has 1 fully saturated rings. The number of Topliss-reactive ketones (excluding diaryl/α,β-unsaturated/α-hetero) is 1. The number of carbonyl (C=O) groups is 1. The van der Waals surface area contributed by atoms with Gasteiger partial charge in [-0.25, -0.2) is 0 Å². The van der Waals surface area contributed by atoms with Crippen LogP contribution < -0.4 is 10.6 Å². The van der Waals surface area contributed by atoms with E-state index in [1.807, 2.05) is 18.2 Å². The average molecular weight is 262 g/mol. The van der Waals surface area contributed by atoms with Gasteiger partial charge in [-0.1, -0.05) is 0 Å². The molecule has 1 aliphatic rings. The van der Waals surface area contributed by atoms with Crippen molar-refractivity contribution >= 4 is 17.2 Å². The van der Waals surface area contributed by atoms with E-state index in [2.05, 4.69) is 11.9 Å². The molecule has 0 atom stereocenters. The SMILES string of the molecule is CC(=O)c1cc(N(C)CC2CCOCC2)ccc1N. The van der Waals surface area contributed by atoms with E-state index in [4.69, 9.17) is 10.5 Å². The second kappa shape index (κ2) is 6.06. The van der Waals surface area contributed by atoms with Gasteiger partial charge in [-0.3, -0.25) is 4.79 Å². The first-order valence-corrected chi connectivity index (χ1v) is 6.77. The van der Waals surface area contributed by atoms with Gasteiger partial charge < -0.3 is 15.4 Å². The molecule has 1 aliphatic heterocycles. The number of carbonyl (C=O) groups excluding carboxylic acids is 1. The normalized spacial score (nSPS) is 16.3. The van der Waals surface area contributed by atoms with Crippen LogP contribution in [0, 0.1) is 5.92 Å². The zero-order chi connectivity index (χ0) is 13.8. The summed E-state index contributed by atoms with van der Waals surface area (Å²) in [6.45, 7) is 4.26. The second-order valence-electron chi connectivity index (χ2n) is 5.26. The fourth-order valence-corrected chi connectivity index (χ4v) is 2.51.